The Morgan fingerprint density at radius 1 is 1.19 bits per heavy atom. The van der Waals surface area contributed by atoms with E-state index in [2.05, 4.69) is 5.32 Å². The fourth-order valence-electron chi connectivity index (χ4n) is 2.77. The second-order valence-electron chi connectivity index (χ2n) is 5.99. The molecule has 136 valence electrons. The number of hydrogen-bond acceptors (Lipinski definition) is 5. The van der Waals surface area contributed by atoms with Crippen molar-refractivity contribution in [3.8, 4) is 0 Å². The first-order valence-corrected chi connectivity index (χ1v) is 8.08. The largest absolute Gasteiger partial charge is 0.478 e. The molecule has 0 spiro atoms. The molecule has 4 N–H and O–H groups in total. The van der Waals surface area contributed by atoms with Gasteiger partial charge in [0.25, 0.3) is 12.1 Å². The van der Waals surface area contributed by atoms with Crippen molar-refractivity contribution in [2.24, 2.45) is 0 Å². The number of pyridine rings is 1. The van der Waals surface area contributed by atoms with Gasteiger partial charge in [0, 0.05) is 11.8 Å². The summed E-state index contributed by atoms with van der Waals surface area (Å²) in [6.45, 7) is -0.273. The summed E-state index contributed by atoms with van der Waals surface area (Å²) in [6.07, 6.45) is 1.76. The molecule has 0 bridgehead atoms. The molecule has 1 saturated heterocycles. The van der Waals surface area contributed by atoms with Crippen molar-refractivity contribution >= 4 is 17.6 Å². The Morgan fingerprint density at radius 3 is 2.54 bits per heavy atom. The lowest BCUT2D eigenvalue weighted by Crippen LogP contribution is -2.40. The van der Waals surface area contributed by atoms with Crippen LogP contribution in [0.1, 0.15) is 33.4 Å². The number of carbonyl (C=O) groups is 2. The lowest BCUT2D eigenvalue weighted by atomic mass is 10.2. The van der Waals surface area contributed by atoms with Gasteiger partial charge in [-0.25, -0.2) is 4.79 Å². The zero-order valence-electron chi connectivity index (χ0n) is 13.8. The summed E-state index contributed by atoms with van der Waals surface area (Å²) in [7, 11) is 0. The van der Waals surface area contributed by atoms with Gasteiger partial charge < -0.3 is 25.4 Å². The summed E-state index contributed by atoms with van der Waals surface area (Å²) in [5, 5.41) is 30.6. The third kappa shape index (κ3) is 3.88. The van der Waals surface area contributed by atoms with E-state index >= 15 is 0 Å². The van der Waals surface area contributed by atoms with Gasteiger partial charge in [-0.15, -0.1) is 0 Å². The molecule has 1 aliphatic rings. The van der Waals surface area contributed by atoms with Crippen LogP contribution in [0.25, 0.3) is 0 Å². The summed E-state index contributed by atoms with van der Waals surface area (Å²) in [6, 6.07) is 9.16. The molecule has 1 aromatic heterocycles. The fraction of sp³-hybridized carbons (Fsp3) is 0.278. The van der Waals surface area contributed by atoms with E-state index < -0.39 is 24.4 Å². The minimum absolute atomic E-state index is 0.135. The van der Waals surface area contributed by atoms with Gasteiger partial charge in [0.05, 0.1) is 24.7 Å². The van der Waals surface area contributed by atoms with E-state index in [1.165, 1.54) is 24.3 Å². The number of carboxylic acid groups (broad SMARTS) is 1. The van der Waals surface area contributed by atoms with Gasteiger partial charge in [-0.05, 0) is 30.3 Å². The molecule has 8 heteroatoms. The Hall–Kier alpha value is -2.81. The number of aromatic nitrogens is 1. The Morgan fingerprint density at radius 2 is 1.92 bits per heavy atom. The van der Waals surface area contributed by atoms with E-state index in [9.17, 15) is 14.7 Å². The van der Waals surface area contributed by atoms with E-state index in [1.54, 1.807) is 29.1 Å². The number of ether oxygens (including phenoxy) is 1. The van der Waals surface area contributed by atoms with Crippen LogP contribution in [0, 0.1) is 0 Å². The van der Waals surface area contributed by atoms with Gasteiger partial charge in [-0.3, -0.25) is 4.79 Å². The van der Waals surface area contributed by atoms with Crippen molar-refractivity contribution < 1.29 is 34.2 Å². The van der Waals surface area contributed by atoms with Crippen LogP contribution in [0.4, 0.5) is 5.69 Å². The number of aromatic carboxylic acids is 1. The first kappa shape index (κ1) is 18.0. The van der Waals surface area contributed by atoms with Gasteiger partial charge in [0.2, 0.25) is 0 Å². The summed E-state index contributed by atoms with van der Waals surface area (Å²) in [4.78, 5) is 23.3. The molecule has 0 saturated carbocycles. The molecule has 2 aromatic rings. The SMILES string of the molecule is O=C(O)c1ccc(NC(=O)c2ccc[n+](C3C[C@H](O)C(CO)O3)c2)cc1. The van der Waals surface area contributed by atoms with E-state index in [4.69, 9.17) is 14.9 Å². The highest BCUT2D eigenvalue weighted by Gasteiger charge is 2.39. The van der Waals surface area contributed by atoms with Crippen LogP contribution in [0.3, 0.4) is 0 Å². The van der Waals surface area contributed by atoms with Crippen molar-refractivity contribution in [1.29, 1.82) is 0 Å². The molecule has 2 unspecified atom stereocenters. The van der Waals surface area contributed by atoms with E-state index in [0.717, 1.165) is 0 Å². The van der Waals surface area contributed by atoms with Crippen LogP contribution in [0.5, 0.6) is 0 Å². The Bertz CT molecular complexity index is 808. The van der Waals surface area contributed by atoms with Crippen LogP contribution in [0.2, 0.25) is 0 Å². The quantitative estimate of drug-likeness (QED) is 0.579. The highest BCUT2D eigenvalue weighted by Crippen LogP contribution is 2.24. The number of aliphatic hydroxyl groups excluding tert-OH is 2. The molecule has 1 fully saturated rings. The van der Waals surface area contributed by atoms with Crippen molar-refractivity contribution in [1.82, 2.24) is 0 Å². The van der Waals surface area contributed by atoms with Gasteiger partial charge in [-0.1, -0.05) is 0 Å². The second-order valence-corrected chi connectivity index (χ2v) is 5.99. The molecule has 3 rings (SSSR count). The average molecular weight is 359 g/mol. The molecular weight excluding hydrogens is 340 g/mol. The van der Waals surface area contributed by atoms with Crippen LogP contribution in [0.15, 0.2) is 48.8 Å². The molecule has 1 amide bonds. The van der Waals surface area contributed by atoms with Crippen molar-refractivity contribution in [2.45, 2.75) is 24.9 Å². The number of hydrogen-bond donors (Lipinski definition) is 4. The summed E-state index contributed by atoms with van der Waals surface area (Å²) in [5.41, 5.74) is 0.986. The number of benzene rings is 1. The topological polar surface area (TPSA) is 120 Å². The molecule has 2 heterocycles. The second kappa shape index (κ2) is 7.61. The van der Waals surface area contributed by atoms with Gasteiger partial charge in [0.1, 0.15) is 11.7 Å². The molecule has 0 radical (unpaired) electrons. The maximum absolute atomic E-state index is 12.4. The molecular formula is C18H19N2O6+. The van der Waals surface area contributed by atoms with E-state index in [0.29, 0.717) is 17.7 Å². The third-order valence-electron chi connectivity index (χ3n) is 4.19. The Kier molecular flexibility index (Phi) is 5.27. The maximum Gasteiger partial charge on any atom is 0.335 e. The van der Waals surface area contributed by atoms with Crippen LogP contribution >= 0.6 is 0 Å². The molecule has 3 atom stereocenters. The average Bonchev–Trinajstić information content (AvgIpc) is 3.03. The number of carbonyl (C=O) groups excluding carboxylic acids is 1. The molecule has 1 aromatic carbocycles. The summed E-state index contributed by atoms with van der Waals surface area (Å²) < 4.78 is 7.24. The highest BCUT2D eigenvalue weighted by molar-refractivity contribution is 6.04. The van der Waals surface area contributed by atoms with Crippen molar-refractivity contribution in [3.63, 3.8) is 0 Å². The first-order valence-electron chi connectivity index (χ1n) is 8.08. The summed E-state index contributed by atoms with van der Waals surface area (Å²) in [5.74, 6) is -1.40. The first-order chi connectivity index (χ1) is 12.5. The smallest absolute Gasteiger partial charge is 0.335 e. The third-order valence-corrected chi connectivity index (χ3v) is 4.19. The van der Waals surface area contributed by atoms with Gasteiger partial charge in [-0.2, -0.15) is 4.57 Å². The minimum atomic E-state index is -1.04. The van der Waals surface area contributed by atoms with Crippen molar-refractivity contribution in [2.75, 3.05) is 11.9 Å². The van der Waals surface area contributed by atoms with Gasteiger partial charge in [0.15, 0.2) is 12.4 Å². The van der Waals surface area contributed by atoms with Crippen LogP contribution in [-0.4, -0.2) is 46.0 Å². The van der Waals surface area contributed by atoms with Gasteiger partial charge >= 0.3 is 5.97 Å². The number of carboxylic acids is 1. The molecule has 0 aliphatic carbocycles. The zero-order valence-corrected chi connectivity index (χ0v) is 13.8. The van der Waals surface area contributed by atoms with Crippen LogP contribution in [-0.2, 0) is 4.74 Å². The number of nitrogens with zero attached hydrogens (tertiary/aromatic N) is 1. The monoisotopic (exact) mass is 359 g/mol. The lowest BCUT2D eigenvalue weighted by Gasteiger charge is -2.09. The van der Waals surface area contributed by atoms with E-state index in [1.807, 2.05) is 0 Å². The standard InChI is InChI=1S/C18H18N2O6/c21-10-15-14(22)8-16(26-15)20-7-1-2-12(9-20)17(23)19-13-5-3-11(4-6-13)18(24)25/h1-7,9,14-16,21-22H,8,10H2,(H-,19,23,24,25)/p+1/t14-,15?,16?/m0/s1. The van der Waals surface area contributed by atoms with Crippen LogP contribution < -0.4 is 9.88 Å². The minimum Gasteiger partial charge on any atom is -0.478 e. The van der Waals surface area contributed by atoms with E-state index in [-0.39, 0.29) is 18.1 Å². The number of anilines is 1. The molecule has 26 heavy (non-hydrogen) atoms. The summed E-state index contributed by atoms with van der Waals surface area (Å²) >= 11 is 0. The number of nitrogens with one attached hydrogen (secondary N) is 1. The normalized spacial score (nSPS) is 22.2. The maximum atomic E-state index is 12.4. The number of rotatable bonds is 5. The molecule has 8 nitrogen and oxygen atoms in total. The fourth-order valence-corrected chi connectivity index (χ4v) is 2.77. The Balaban J connectivity index is 1.71. The lowest BCUT2D eigenvalue weighted by molar-refractivity contribution is -0.759. The van der Waals surface area contributed by atoms with Crippen molar-refractivity contribution in [3.05, 3.63) is 59.9 Å². The number of aliphatic hydroxyl groups is 2. The zero-order chi connectivity index (χ0) is 18.7. The Labute approximate surface area is 149 Å². The highest BCUT2D eigenvalue weighted by atomic mass is 16.5. The number of amides is 1. The molecule has 1 aliphatic heterocycles. The predicted molar refractivity (Wildman–Crippen MR) is 89.6 cm³/mol. The predicted octanol–water partition coefficient (Wildman–Crippen LogP) is 0.565.